The molecule has 1 atom stereocenters. The number of amides is 1. The third kappa shape index (κ3) is 4.43. The number of hydrogen-bond acceptors (Lipinski definition) is 4. The van der Waals surface area contributed by atoms with Crippen molar-refractivity contribution in [1.82, 2.24) is 0 Å². The van der Waals surface area contributed by atoms with Crippen molar-refractivity contribution in [3.63, 3.8) is 0 Å². The number of rotatable bonds is 4. The Morgan fingerprint density at radius 1 is 1.10 bits per heavy atom. The predicted molar refractivity (Wildman–Crippen MR) is 115 cm³/mol. The van der Waals surface area contributed by atoms with Crippen LogP contribution >= 0.6 is 11.6 Å². The summed E-state index contributed by atoms with van der Waals surface area (Å²) in [5, 5.41) is 3.78. The highest BCUT2D eigenvalue weighted by molar-refractivity contribution is 6.30. The van der Waals surface area contributed by atoms with Crippen molar-refractivity contribution in [2.24, 2.45) is 0 Å². The number of nitrogens with one attached hydrogen (secondary N) is 2. The number of piperazine rings is 1. The van der Waals surface area contributed by atoms with E-state index in [2.05, 4.69) is 23.2 Å². The van der Waals surface area contributed by atoms with Gasteiger partial charge in [0.05, 0.1) is 26.2 Å². The Kier molecular flexibility index (Phi) is 5.83. The van der Waals surface area contributed by atoms with E-state index in [-0.39, 0.29) is 11.9 Å². The summed E-state index contributed by atoms with van der Waals surface area (Å²) in [6, 6.07) is 11.4. The van der Waals surface area contributed by atoms with Gasteiger partial charge in [-0.3, -0.25) is 4.79 Å². The molecule has 0 aromatic heterocycles. The zero-order valence-corrected chi connectivity index (χ0v) is 17.6. The molecule has 0 unspecified atom stereocenters. The first-order chi connectivity index (χ1) is 14.0. The van der Waals surface area contributed by atoms with E-state index in [4.69, 9.17) is 21.1 Å². The van der Waals surface area contributed by atoms with Crippen LogP contribution in [-0.4, -0.2) is 51.3 Å². The van der Waals surface area contributed by atoms with Crippen molar-refractivity contribution in [1.29, 1.82) is 0 Å². The van der Waals surface area contributed by atoms with Crippen LogP contribution in [0.5, 0.6) is 11.5 Å². The summed E-state index contributed by atoms with van der Waals surface area (Å²) < 4.78 is 11.1. The summed E-state index contributed by atoms with van der Waals surface area (Å²) in [6.07, 6.45) is 0. The molecule has 0 aliphatic carbocycles. The summed E-state index contributed by atoms with van der Waals surface area (Å²) in [5.74, 6) is 1.42. The largest absolute Gasteiger partial charge is 0.486 e. The summed E-state index contributed by atoms with van der Waals surface area (Å²) in [4.78, 5) is 16.4. The van der Waals surface area contributed by atoms with Crippen molar-refractivity contribution in [2.45, 2.75) is 19.9 Å². The number of fused-ring (bicyclic) bond motifs is 1. The van der Waals surface area contributed by atoms with Gasteiger partial charge in [-0.1, -0.05) is 17.7 Å². The molecule has 0 saturated carbocycles. The fourth-order valence-electron chi connectivity index (χ4n) is 3.95. The fraction of sp³-hybridized carbons (Fsp3) is 0.409. The molecule has 4 rings (SSSR count). The lowest BCUT2D eigenvalue weighted by atomic mass is 10.1. The van der Waals surface area contributed by atoms with Crippen LogP contribution in [0, 0.1) is 6.92 Å². The van der Waals surface area contributed by atoms with E-state index in [1.165, 1.54) is 16.2 Å². The molecule has 0 spiro atoms. The summed E-state index contributed by atoms with van der Waals surface area (Å²) >= 11 is 6.18. The molecule has 1 fully saturated rings. The Morgan fingerprint density at radius 3 is 2.59 bits per heavy atom. The number of anilines is 2. The van der Waals surface area contributed by atoms with Crippen LogP contribution in [0.2, 0.25) is 5.02 Å². The monoisotopic (exact) mass is 416 g/mol. The lowest BCUT2D eigenvalue weighted by molar-refractivity contribution is -0.914. The van der Waals surface area contributed by atoms with Crippen molar-refractivity contribution in [3.8, 4) is 11.5 Å². The Labute approximate surface area is 176 Å². The van der Waals surface area contributed by atoms with E-state index in [0.717, 1.165) is 42.6 Å². The van der Waals surface area contributed by atoms with Gasteiger partial charge in [0, 0.05) is 22.5 Å². The number of carbonyl (C=O) groups excluding carboxylic acids is 1. The highest BCUT2D eigenvalue weighted by atomic mass is 35.5. The van der Waals surface area contributed by atoms with Crippen LogP contribution in [0.25, 0.3) is 0 Å². The topological polar surface area (TPSA) is 55.2 Å². The minimum atomic E-state index is -0.134. The number of hydrogen-bond donors (Lipinski definition) is 2. The molecule has 7 heteroatoms. The summed E-state index contributed by atoms with van der Waals surface area (Å²) in [6.45, 7) is 8.79. The molecular formula is C22H27ClN3O3+. The highest BCUT2D eigenvalue weighted by Gasteiger charge is 2.30. The number of benzene rings is 2. The van der Waals surface area contributed by atoms with Gasteiger partial charge >= 0.3 is 0 Å². The Hall–Kier alpha value is -2.44. The molecule has 2 heterocycles. The maximum Gasteiger partial charge on any atom is 0.282 e. The Morgan fingerprint density at radius 2 is 1.83 bits per heavy atom. The molecule has 2 aliphatic heterocycles. The molecule has 2 N–H and O–H groups in total. The van der Waals surface area contributed by atoms with Crippen LogP contribution in [-0.2, 0) is 4.79 Å². The second-order valence-electron chi connectivity index (χ2n) is 7.65. The van der Waals surface area contributed by atoms with Gasteiger partial charge in [0.1, 0.15) is 13.2 Å². The lowest BCUT2D eigenvalue weighted by Crippen LogP contribution is -3.19. The maximum absolute atomic E-state index is 12.8. The number of nitrogens with zero attached hydrogens (tertiary/aromatic N) is 1. The molecule has 2 aromatic rings. The second kappa shape index (κ2) is 8.51. The van der Waals surface area contributed by atoms with Gasteiger partial charge in [0.15, 0.2) is 17.5 Å². The van der Waals surface area contributed by atoms with Crippen LogP contribution < -0.4 is 24.6 Å². The minimum Gasteiger partial charge on any atom is -0.486 e. The van der Waals surface area contributed by atoms with Crippen LogP contribution in [0.4, 0.5) is 11.4 Å². The Balaban J connectivity index is 1.35. The lowest BCUT2D eigenvalue weighted by Gasteiger charge is -2.36. The average molecular weight is 417 g/mol. The molecule has 1 amide bonds. The first-order valence-electron chi connectivity index (χ1n) is 10.1. The SMILES string of the molecule is Cc1ccc(Cl)cc1N1CC[NH+]([C@H](C)C(=O)Nc2ccc3c(c2)OCCO3)CC1. The summed E-state index contributed by atoms with van der Waals surface area (Å²) in [5.41, 5.74) is 3.14. The van der Waals surface area contributed by atoms with Crippen molar-refractivity contribution in [2.75, 3.05) is 49.6 Å². The predicted octanol–water partition coefficient (Wildman–Crippen LogP) is 2.15. The molecule has 154 valence electrons. The average Bonchev–Trinajstić information content (AvgIpc) is 2.75. The van der Waals surface area contributed by atoms with E-state index in [0.29, 0.717) is 19.0 Å². The number of carbonyl (C=O) groups is 1. The number of quaternary nitrogens is 1. The standard InChI is InChI=1S/C22H26ClN3O3/c1-15-3-4-17(23)13-19(15)26-9-7-25(8-10-26)16(2)22(27)24-18-5-6-20-21(14-18)29-12-11-28-20/h3-6,13-14,16H,7-12H2,1-2H3,(H,24,27)/p+1/t16-/m1/s1. The minimum absolute atomic E-state index is 0.0177. The van der Waals surface area contributed by atoms with Gasteiger partial charge in [-0.2, -0.15) is 0 Å². The quantitative estimate of drug-likeness (QED) is 0.802. The van der Waals surface area contributed by atoms with Crippen LogP contribution in [0.15, 0.2) is 36.4 Å². The summed E-state index contributed by atoms with van der Waals surface area (Å²) in [7, 11) is 0. The third-order valence-corrected chi connectivity index (χ3v) is 5.97. The first-order valence-corrected chi connectivity index (χ1v) is 10.5. The van der Waals surface area contributed by atoms with Crippen molar-refractivity contribution in [3.05, 3.63) is 47.0 Å². The van der Waals surface area contributed by atoms with Crippen molar-refractivity contribution >= 4 is 28.9 Å². The van der Waals surface area contributed by atoms with Crippen LogP contribution in [0.3, 0.4) is 0 Å². The highest BCUT2D eigenvalue weighted by Crippen LogP contribution is 2.32. The van der Waals surface area contributed by atoms with Gasteiger partial charge in [0.25, 0.3) is 5.91 Å². The van der Waals surface area contributed by atoms with E-state index in [1.807, 2.05) is 37.3 Å². The first kappa shape index (κ1) is 19.9. The second-order valence-corrected chi connectivity index (χ2v) is 8.08. The fourth-order valence-corrected chi connectivity index (χ4v) is 4.11. The smallest absolute Gasteiger partial charge is 0.282 e. The normalized spacial score (nSPS) is 17.7. The molecule has 1 saturated heterocycles. The molecule has 2 aromatic carbocycles. The van der Waals surface area contributed by atoms with Gasteiger partial charge in [-0.15, -0.1) is 0 Å². The molecule has 0 radical (unpaired) electrons. The van der Waals surface area contributed by atoms with E-state index in [1.54, 1.807) is 0 Å². The van der Waals surface area contributed by atoms with Gasteiger partial charge in [-0.05, 0) is 43.7 Å². The number of halogens is 1. The molecule has 6 nitrogen and oxygen atoms in total. The number of aryl methyl sites for hydroxylation is 1. The maximum atomic E-state index is 12.8. The van der Waals surface area contributed by atoms with E-state index < -0.39 is 0 Å². The van der Waals surface area contributed by atoms with Crippen molar-refractivity contribution < 1.29 is 19.2 Å². The molecule has 0 bridgehead atoms. The zero-order chi connectivity index (χ0) is 20.4. The van der Waals surface area contributed by atoms with Gasteiger partial charge < -0.3 is 24.6 Å². The van der Waals surface area contributed by atoms with Crippen LogP contribution in [0.1, 0.15) is 12.5 Å². The molecule has 2 aliphatic rings. The molecular weight excluding hydrogens is 390 g/mol. The van der Waals surface area contributed by atoms with E-state index >= 15 is 0 Å². The third-order valence-electron chi connectivity index (χ3n) is 5.73. The zero-order valence-electron chi connectivity index (χ0n) is 16.8. The number of ether oxygens (including phenoxy) is 2. The van der Waals surface area contributed by atoms with Gasteiger partial charge in [0.2, 0.25) is 0 Å². The Bertz CT molecular complexity index is 897. The molecule has 29 heavy (non-hydrogen) atoms. The van der Waals surface area contributed by atoms with E-state index in [9.17, 15) is 4.79 Å². The van der Waals surface area contributed by atoms with Gasteiger partial charge in [-0.25, -0.2) is 0 Å².